The number of rotatable bonds is 2. The Labute approximate surface area is 134 Å². The van der Waals surface area contributed by atoms with Gasteiger partial charge in [-0.3, -0.25) is 5.10 Å². The average molecular weight is 302 g/mol. The van der Waals surface area contributed by atoms with Crippen molar-refractivity contribution in [3.8, 4) is 22.5 Å². The van der Waals surface area contributed by atoms with Gasteiger partial charge in [0.05, 0.1) is 23.1 Å². The van der Waals surface area contributed by atoms with Crippen LogP contribution in [0.1, 0.15) is 11.4 Å². The molecule has 4 nitrogen and oxygen atoms in total. The molecule has 0 radical (unpaired) electrons. The van der Waals surface area contributed by atoms with E-state index in [4.69, 9.17) is 4.98 Å². The highest BCUT2D eigenvalue weighted by Gasteiger charge is 2.16. The highest BCUT2D eigenvalue weighted by molar-refractivity contribution is 5.87. The number of fused-ring (bicyclic) bond motifs is 1. The van der Waals surface area contributed by atoms with Crippen LogP contribution in [0.5, 0.6) is 0 Å². The van der Waals surface area contributed by atoms with Crippen molar-refractivity contribution in [1.82, 2.24) is 19.7 Å². The molecule has 114 valence electrons. The molecule has 0 fully saturated rings. The van der Waals surface area contributed by atoms with Crippen LogP contribution in [0.3, 0.4) is 0 Å². The summed E-state index contributed by atoms with van der Waals surface area (Å²) >= 11 is 0. The summed E-state index contributed by atoms with van der Waals surface area (Å²) in [5, 5.41) is 8.27. The summed E-state index contributed by atoms with van der Waals surface area (Å²) < 4.78 is 2.15. The van der Waals surface area contributed by atoms with Crippen molar-refractivity contribution < 1.29 is 0 Å². The zero-order valence-electron chi connectivity index (χ0n) is 13.5. The first-order valence-electron chi connectivity index (χ1n) is 7.67. The molecular weight excluding hydrogens is 284 g/mol. The molecule has 0 unspecified atom stereocenters. The number of hydrogen-bond donors (Lipinski definition) is 1. The number of nitrogens with one attached hydrogen (secondary N) is 1. The maximum atomic E-state index is 4.80. The predicted molar refractivity (Wildman–Crippen MR) is 93.2 cm³/mol. The Bertz CT molecular complexity index is 1010. The lowest BCUT2D eigenvalue weighted by Gasteiger charge is -2.08. The molecule has 4 rings (SSSR count). The Morgan fingerprint density at radius 2 is 1.87 bits per heavy atom. The van der Waals surface area contributed by atoms with Gasteiger partial charge < -0.3 is 4.57 Å². The normalized spacial score (nSPS) is 11.3. The fourth-order valence-corrected chi connectivity index (χ4v) is 3.02. The van der Waals surface area contributed by atoms with Gasteiger partial charge in [-0.05, 0) is 26.0 Å². The maximum Gasteiger partial charge on any atom is 0.106 e. The van der Waals surface area contributed by atoms with Gasteiger partial charge in [0.15, 0.2) is 0 Å². The monoisotopic (exact) mass is 302 g/mol. The Balaban J connectivity index is 1.97. The van der Waals surface area contributed by atoms with Crippen LogP contribution in [0.2, 0.25) is 0 Å². The molecule has 2 aromatic heterocycles. The maximum absolute atomic E-state index is 4.80. The van der Waals surface area contributed by atoms with Crippen LogP contribution in [0, 0.1) is 13.8 Å². The minimum atomic E-state index is 1.00. The summed E-state index contributed by atoms with van der Waals surface area (Å²) in [6.07, 6.45) is 1.84. The third-order valence-electron chi connectivity index (χ3n) is 4.33. The topological polar surface area (TPSA) is 46.5 Å². The fourth-order valence-electron chi connectivity index (χ4n) is 3.02. The van der Waals surface area contributed by atoms with Gasteiger partial charge in [0, 0.05) is 23.6 Å². The van der Waals surface area contributed by atoms with Crippen molar-refractivity contribution in [1.29, 1.82) is 0 Å². The Kier molecular flexibility index (Phi) is 3.05. The van der Waals surface area contributed by atoms with E-state index in [9.17, 15) is 0 Å². The quantitative estimate of drug-likeness (QED) is 0.602. The summed E-state index contributed by atoms with van der Waals surface area (Å²) in [6.45, 7) is 4.15. The number of hydrogen-bond acceptors (Lipinski definition) is 2. The van der Waals surface area contributed by atoms with Crippen molar-refractivity contribution in [2.75, 3.05) is 0 Å². The SMILES string of the molecule is Cc1cccc(-c2nc(C)n(C)c2-c2ccc3cn[nH]c3c2)c1. The van der Waals surface area contributed by atoms with E-state index in [1.165, 1.54) is 5.56 Å². The number of aryl methyl sites for hydroxylation is 2. The van der Waals surface area contributed by atoms with Crippen LogP contribution in [0.25, 0.3) is 33.4 Å². The van der Waals surface area contributed by atoms with E-state index in [0.29, 0.717) is 0 Å². The molecule has 23 heavy (non-hydrogen) atoms. The lowest BCUT2D eigenvalue weighted by Crippen LogP contribution is -1.95. The van der Waals surface area contributed by atoms with Crippen LogP contribution < -0.4 is 0 Å². The molecular formula is C19H18N4. The number of imidazole rings is 1. The summed E-state index contributed by atoms with van der Waals surface area (Å²) in [7, 11) is 2.06. The number of aromatic amines is 1. The molecule has 4 heteroatoms. The lowest BCUT2D eigenvalue weighted by molar-refractivity contribution is 0.865. The van der Waals surface area contributed by atoms with E-state index in [0.717, 1.165) is 39.2 Å². The Hall–Kier alpha value is -2.88. The molecule has 0 bridgehead atoms. The standard InChI is InChI=1S/C19H18N4/c1-12-5-4-6-14(9-12)18-19(23(3)13(2)21-18)15-7-8-16-11-20-22-17(16)10-15/h4-11H,1-3H3,(H,20,22). The predicted octanol–water partition coefficient (Wildman–Crippen LogP) is 4.25. The Morgan fingerprint density at radius 3 is 2.70 bits per heavy atom. The molecule has 0 saturated carbocycles. The van der Waals surface area contributed by atoms with Crippen LogP contribution in [-0.4, -0.2) is 19.7 Å². The van der Waals surface area contributed by atoms with Gasteiger partial charge >= 0.3 is 0 Å². The number of aromatic nitrogens is 4. The minimum Gasteiger partial charge on any atom is -0.331 e. The smallest absolute Gasteiger partial charge is 0.106 e. The number of H-pyrrole nitrogens is 1. The highest BCUT2D eigenvalue weighted by Crippen LogP contribution is 2.33. The highest BCUT2D eigenvalue weighted by atomic mass is 15.1. The molecule has 0 amide bonds. The van der Waals surface area contributed by atoms with Crippen LogP contribution in [0.4, 0.5) is 0 Å². The van der Waals surface area contributed by atoms with Gasteiger partial charge in [-0.25, -0.2) is 4.98 Å². The van der Waals surface area contributed by atoms with E-state index in [2.05, 4.69) is 71.2 Å². The molecule has 0 atom stereocenters. The summed E-state index contributed by atoms with van der Waals surface area (Å²) in [4.78, 5) is 4.80. The fraction of sp³-hybridized carbons (Fsp3) is 0.158. The van der Waals surface area contributed by atoms with E-state index >= 15 is 0 Å². The molecule has 1 N–H and O–H groups in total. The van der Waals surface area contributed by atoms with Crippen molar-refractivity contribution in [3.63, 3.8) is 0 Å². The van der Waals surface area contributed by atoms with Gasteiger partial charge in [0.1, 0.15) is 5.82 Å². The lowest BCUT2D eigenvalue weighted by atomic mass is 10.0. The zero-order valence-corrected chi connectivity index (χ0v) is 13.5. The Morgan fingerprint density at radius 1 is 1.00 bits per heavy atom. The molecule has 4 aromatic rings. The third-order valence-corrected chi connectivity index (χ3v) is 4.33. The molecule has 0 aliphatic heterocycles. The molecule has 0 spiro atoms. The molecule has 0 saturated heterocycles. The van der Waals surface area contributed by atoms with E-state index < -0.39 is 0 Å². The second-order valence-corrected chi connectivity index (χ2v) is 5.96. The second kappa shape index (κ2) is 5.09. The van der Waals surface area contributed by atoms with E-state index in [1.54, 1.807) is 0 Å². The van der Waals surface area contributed by atoms with Crippen LogP contribution in [0.15, 0.2) is 48.7 Å². The van der Waals surface area contributed by atoms with Crippen LogP contribution >= 0.6 is 0 Å². The van der Waals surface area contributed by atoms with Gasteiger partial charge in [-0.2, -0.15) is 5.10 Å². The zero-order chi connectivity index (χ0) is 16.0. The van der Waals surface area contributed by atoms with Crippen molar-refractivity contribution >= 4 is 10.9 Å². The molecule has 2 heterocycles. The molecule has 2 aromatic carbocycles. The second-order valence-electron chi connectivity index (χ2n) is 5.96. The van der Waals surface area contributed by atoms with Gasteiger partial charge in [0.2, 0.25) is 0 Å². The largest absolute Gasteiger partial charge is 0.331 e. The van der Waals surface area contributed by atoms with E-state index in [-0.39, 0.29) is 0 Å². The van der Waals surface area contributed by atoms with Crippen LogP contribution in [-0.2, 0) is 7.05 Å². The molecule has 0 aliphatic rings. The third kappa shape index (κ3) is 2.23. The molecule has 0 aliphatic carbocycles. The number of benzene rings is 2. The minimum absolute atomic E-state index is 1.00. The first-order valence-corrected chi connectivity index (χ1v) is 7.67. The average Bonchev–Trinajstić information content (AvgIpc) is 3.12. The first-order chi connectivity index (χ1) is 11.1. The van der Waals surface area contributed by atoms with E-state index in [1.807, 2.05) is 13.1 Å². The number of nitrogens with zero attached hydrogens (tertiary/aromatic N) is 3. The van der Waals surface area contributed by atoms with Crippen molar-refractivity contribution in [2.24, 2.45) is 7.05 Å². The van der Waals surface area contributed by atoms with Gasteiger partial charge in [-0.1, -0.05) is 35.9 Å². The summed E-state index contributed by atoms with van der Waals surface area (Å²) in [5.74, 6) is 1.00. The van der Waals surface area contributed by atoms with Crippen molar-refractivity contribution in [2.45, 2.75) is 13.8 Å². The first kappa shape index (κ1) is 13.8. The summed E-state index contributed by atoms with van der Waals surface area (Å²) in [5.41, 5.74) is 6.71. The summed E-state index contributed by atoms with van der Waals surface area (Å²) in [6, 6.07) is 14.8. The van der Waals surface area contributed by atoms with Crippen molar-refractivity contribution in [3.05, 3.63) is 60.0 Å². The van der Waals surface area contributed by atoms with Gasteiger partial charge in [-0.15, -0.1) is 0 Å². The van der Waals surface area contributed by atoms with Gasteiger partial charge in [0.25, 0.3) is 0 Å².